The number of amides is 1. The normalized spacial score (nSPS) is 11.5. The van der Waals surface area contributed by atoms with E-state index in [1.54, 1.807) is 48.1 Å². The van der Waals surface area contributed by atoms with Gasteiger partial charge in [-0.15, -0.1) is 0 Å². The molecule has 0 aliphatic heterocycles. The second-order valence-electron chi connectivity index (χ2n) is 6.31. The third kappa shape index (κ3) is 4.35. The van der Waals surface area contributed by atoms with Crippen LogP contribution in [-0.4, -0.2) is 22.5 Å². The zero-order valence-electron chi connectivity index (χ0n) is 15.8. The Morgan fingerprint density at radius 1 is 1.28 bits per heavy atom. The Balaban J connectivity index is 1.68. The van der Waals surface area contributed by atoms with Crippen molar-refractivity contribution in [2.75, 3.05) is 0 Å². The molecule has 0 fully saturated rings. The minimum atomic E-state index is -1.10. The van der Waals surface area contributed by atoms with Crippen molar-refractivity contribution in [2.45, 2.75) is 26.5 Å². The predicted molar refractivity (Wildman–Crippen MR) is 101 cm³/mol. The lowest BCUT2D eigenvalue weighted by atomic mass is 10.1. The number of nitriles is 1. The van der Waals surface area contributed by atoms with Crippen molar-refractivity contribution in [1.29, 1.82) is 5.26 Å². The number of nitrogens with zero attached hydrogens (tertiary/aromatic N) is 2. The summed E-state index contributed by atoms with van der Waals surface area (Å²) in [6.07, 6.45) is 2.26. The molecule has 0 spiro atoms. The van der Waals surface area contributed by atoms with Gasteiger partial charge in [-0.1, -0.05) is 12.1 Å². The van der Waals surface area contributed by atoms with E-state index in [9.17, 15) is 19.2 Å². The van der Waals surface area contributed by atoms with Crippen molar-refractivity contribution >= 4 is 11.9 Å². The molecular formula is C21H18FN3O4. The third-order valence-electron chi connectivity index (χ3n) is 4.25. The van der Waals surface area contributed by atoms with E-state index >= 15 is 0 Å². The van der Waals surface area contributed by atoms with Crippen molar-refractivity contribution in [1.82, 2.24) is 9.88 Å². The van der Waals surface area contributed by atoms with Gasteiger partial charge in [0.25, 0.3) is 5.91 Å². The lowest BCUT2D eigenvalue weighted by Gasteiger charge is -2.13. The van der Waals surface area contributed by atoms with Crippen molar-refractivity contribution in [3.05, 3.63) is 77.1 Å². The quantitative estimate of drug-likeness (QED) is 0.646. The Bertz CT molecular complexity index is 1060. The minimum Gasteiger partial charge on any atom is -0.449 e. The minimum absolute atomic E-state index is 0.0191. The number of nitrogens with one attached hydrogen (secondary N) is 1. The molecule has 29 heavy (non-hydrogen) atoms. The summed E-state index contributed by atoms with van der Waals surface area (Å²) in [5.41, 5.74) is 0.712. The van der Waals surface area contributed by atoms with E-state index in [0.717, 1.165) is 0 Å². The fourth-order valence-electron chi connectivity index (χ4n) is 2.74. The van der Waals surface area contributed by atoms with Crippen molar-refractivity contribution < 1.29 is 23.1 Å². The maximum absolute atomic E-state index is 12.9. The van der Waals surface area contributed by atoms with Gasteiger partial charge in [0.05, 0.1) is 0 Å². The second-order valence-corrected chi connectivity index (χ2v) is 6.31. The Labute approximate surface area is 166 Å². The number of rotatable bonds is 6. The van der Waals surface area contributed by atoms with Crippen molar-refractivity contribution in [2.24, 2.45) is 0 Å². The lowest BCUT2D eigenvalue weighted by molar-refractivity contribution is -0.129. The molecule has 7 nitrogen and oxygen atoms in total. The molecule has 1 aromatic carbocycles. The van der Waals surface area contributed by atoms with Crippen LogP contribution < -0.4 is 5.32 Å². The van der Waals surface area contributed by atoms with Gasteiger partial charge in [-0.05, 0) is 43.7 Å². The molecule has 0 saturated heterocycles. The first kappa shape index (κ1) is 19.9. The van der Waals surface area contributed by atoms with E-state index in [1.165, 1.54) is 19.1 Å². The Hall–Kier alpha value is -3.86. The van der Waals surface area contributed by atoms with Gasteiger partial charge in [0.15, 0.2) is 6.10 Å². The molecule has 148 valence electrons. The average Bonchev–Trinajstić information content (AvgIpc) is 3.34. The molecule has 3 aromatic rings. The number of hydrogen-bond acceptors (Lipinski definition) is 5. The molecule has 0 saturated carbocycles. The smallest absolute Gasteiger partial charge is 0.343 e. The van der Waals surface area contributed by atoms with E-state index < -0.39 is 18.0 Å². The number of carbonyl (C=O) groups is 2. The summed E-state index contributed by atoms with van der Waals surface area (Å²) in [6, 6.07) is 11.1. The van der Waals surface area contributed by atoms with Gasteiger partial charge in [-0.25, -0.2) is 9.18 Å². The Morgan fingerprint density at radius 2 is 1.93 bits per heavy atom. The van der Waals surface area contributed by atoms with Crippen LogP contribution in [-0.2, 0) is 16.1 Å². The zero-order valence-corrected chi connectivity index (χ0v) is 15.8. The summed E-state index contributed by atoms with van der Waals surface area (Å²) in [5.74, 6) is -1.30. The highest BCUT2D eigenvalue weighted by atomic mass is 19.1. The average molecular weight is 395 g/mol. The van der Waals surface area contributed by atoms with Crippen LogP contribution in [0.4, 0.5) is 4.39 Å². The van der Waals surface area contributed by atoms with E-state index in [4.69, 9.17) is 9.15 Å². The maximum atomic E-state index is 12.9. The number of halogens is 1. The van der Waals surface area contributed by atoms with Crippen LogP contribution in [0.25, 0.3) is 5.88 Å². The lowest BCUT2D eigenvalue weighted by Crippen LogP contribution is -2.35. The van der Waals surface area contributed by atoms with Crippen LogP contribution in [0.5, 0.6) is 0 Å². The summed E-state index contributed by atoms with van der Waals surface area (Å²) in [5, 5.41) is 12.1. The van der Waals surface area contributed by atoms with Gasteiger partial charge in [0.1, 0.15) is 28.8 Å². The number of aryl methyl sites for hydroxylation is 1. The molecular weight excluding hydrogens is 377 g/mol. The molecule has 2 aromatic heterocycles. The molecule has 0 aliphatic carbocycles. The Morgan fingerprint density at radius 3 is 2.55 bits per heavy atom. The molecule has 8 heteroatoms. The zero-order chi connectivity index (χ0) is 21.0. The molecule has 0 radical (unpaired) electrons. The number of carbonyl (C=O) groups excluding carboxylic acids is 2. The summed E-state index contributed by atoms with van der Waals surface area (Å²) < 4.78 is 25.3. The molecule has 1 N–H and O–H groups in total. The van der Waals surface area contributed by atoms with Gasteiger partial charge in [0.2, 0.25) is 5.88 Å². The van der Waals surface area contributed by atoms with Gasteiger partial charge >= 0.3 is 5.97 Å². The molecule has 1 atom stereocenters. The van der Waals surface area contributed by atoms with E-state index in [-0.39, 0.29) is 35.1 Å². The van der Waals surface area contributed by atoms with Gasteiger partial charge in [-0.2, -0.15) is 5.26 Å². The van der Waals surface area contributed by atoms with Crippen molar-refractivity contribution in [3.8, 4) is 12.0 Å². The van der Waals surface area contributed by atoms with Crippen LogP contribution in [0.2, 0.25) is 0 Å². The van der Waals surface area contributed by atoms with E-state index in [0.29, 0.717) is 5.56 Å². The summed E-state index contributed by atoms with van der Waals surface area (Å²) in [4.78, 5) is 24.8. The summed E-state index contributed by atoms with van der Waals surface area (Å²) in [7, 11) is 0. The fraction of sp³-hybridized carbons (Fsp3) is 0.190. The number of benzene rings is 1. The number of aromatic nitrogens is 1. The highest BCUT2D eigenvalue weighted by Crippen LogP contribution is 2.26. The van der Waals surface area contributed by atoms with Crippen molar-refractivity contribution in [3.63, 3.8) is 0 Å². The van der Waals surface area contributed by atoms with Gasteiger partial charge in [-0.3, -0.25) is 9.36 Å². The summed E-state index contributed by atoms with van der Waals surface area (Å²) in [6.45, 7) is 3.13. The third-order valence-corrected chi connectivity index (χ3v) is 4.25. The van der Waals surface area contributed by atoms with Gasteiger partial charge in [0, 0.05) is 18.9 Å². The first-order valence-electron chi connectivity index (χ1n) is 8.80. The number of esters is 1. The molecule has 2 heterocycles. The highest BCUT2D eigenvalue weighted by molar-refractivity contribution is 5.96. The molecule has 0 aliphatic rings. The van der Waals surface area contributed by atoms with Crippen LogP contribution in [0, 0.1) is 24.1 Å². The standard InChI is InChI=1S/C21H18FN3O4/c1-13-18(17(11-23)20(28-13)25-9-3-4-10-25)21(27)29-14(2)19(26)24-12-15-5-7-16(22)8-6-15/h3-10,14H,12H2,1-2H3,(H,24,26)/t14-/m1/s1. The molecule has 0 unspecified atom stereocenters. The van der Waals surface area contributed by atoms with Crippen LogP contribution in [0.3, 0.4) is 0 Å². The van der Waals surface area contributed by atoms with Crippen LogP contribution >= 0.6 is 0 Å². The fourth-order valence-corrected chi connectivity index (χ4v) is 2.74. The summed E-state index contributed by atoms with van der Waals surface area (Å²) >= 11 is 0. The predicted octanol–water partition coefficient (Wildman–Crippen LogP) is 3.25. The Kier molecular flexibility index (Phi) is 5.79. The number of hydrogen-bond donors (Lipinski definition) is 1. The number of furan rings is 1. The second kappa shape index (κ2) is 8.44. The maximum Gasteiger partial charge on any atom is 0.343 e. The SMILES string of the molecule is Cc1oc(-n2cccc2)c(C#N)c1C(=O)O[C@H](C)C(=O)NCc1ccc(F)cc1. The molecule has 1 amide bonds. The highest BCUT2D eigenvalue weighted by Gasteiger charge is 2.28. The van der Waals surface area contributed by atoms with Crippen LogP contribution in [0.1, 0.15) is 34.2 Å². The van der Waals surface area contributed by atoms with E-state index in [2.05, 4.69) is 5.32 Å². The number of ether oxygens (including phenoxy) is 1. The largest absolute Gasteiger partial charge is 0.449 e. The topological polar surface area (TPSA) is 97.3 Å². The molecule has 0 bridgehead atoms. The first-order chi connectivity index (χ1) is 13.9. The van der Waals surface area contributed by atoms with Gasteiger partial charge < -0.3 is 14.5 Å². The van der Waals surface area contributed by atoms with E-state index in [1.807, 2.05) is 6.07 Å². The molecule has 3 rings (SSSR count). The first-order valence-corrected chi connectivity index (χ1v) is 8.80. The monoisotopic (exact) mass is 395 g/mol. The van der Waals surface area contributed by atoms with Crippen LogP contribution in [0.15, 0.2) is 53.2 Å².